The van der Waals surface area contributed by atoms with Crippen LogP contribution in [0.25, 0.3) is 0 Å². The molecule has 3 heteroatoms. The summed E-state index contributed by atoms with van der Waals surface area (Å²) in [6.45, 7) is 7.94. The maximum atomic E-state index is 11.3. The third-order valence-electron chi connectivity index (χ3n) is 1.59. The minimum absolute atomic E-state index is 0.309. The molecule has 10 heavy (non-hydrogen) atoms. The van der Waals surface area contributed by atoms with Crippen molar-refractivity contribution in [1.29, 1.82) is 0 Å². The lowest BCUT2D eigenvalue weighted by Crippen LogP contribution is -2.21. The van der Waals surface area contributed by atoms with Crippen molar-refractivity contribution < 1.29 is 4.21 Å². The van der Waals surface area contributed by atoms with Crippen LogP contribution in [0.5, 0.6) is 0 Å². The van der Waals surface area contributed by atoms with E-state index in [1.54, 1.807) is 11.8 Å². The van der Waals surface area contributed by atoms with Crippen LogP contribution in [0.4, 0.5) is 0 Å². The van der Waals surface area contributed by atoms with Gasteiger partial charge in [0, 0.05) is 10.5 Å². The molecule has 0 aliphatic carbocycles. The van der Waals surface area contributed by atoms with E-state index in [-0.39, 0.29) is 0 Å². The van der Waals surface area contributed by atoms with Gasteiger partial charge in [-0.25, -0.2) is 0 Å². The van der Waals surface area contributed by atoms with Crippen molar-refractivity contribution in [3.8, 4) is 0 Å². The zero-order chi connectivity index (χ0) is 7.72. The van der Waals surface area contributed by atoms with Gasteiger partial charge in [0.2, 0.25) is 0 Å². The summed E-state index contributed by atoms with van der Waals surface area (Å²) in [6, 6.07) is 0. The average Bonchev–Trinajstić information content (AvgIpc) is 1.82. The van der Waals surface area contributed by atoms with Crippen LogP contribution in [0.1, 0.15) is 20.3 Å². The smallest absolute Gasteiger partial charge is 0.0649 e. The highest BCUT2D eigenvalue weighted by Gasteiger charge is 2.24. The summed E-state index contributed by atoms with van der Waals surface area (Å²) in [5.41, 5.74) is 0. The molecule has 0 bridgehead atoms. The zero-order valence-electron chi connectivity index (χ0n) is 6.29. The number of rotatable bonds is 0. The Morgan fingerprint density at radius 3 is 2.80 bits per heavy atom. The van der Waals surface area contributed by atoms with Gasteiger partial charge in [0.05, 0.1) is 15.0 Å². The molecule has 1 rings (SSSR count). The highest BCUT2D eigenvalue weighted by atomic mass is 32.2. The van der Waals surface area contributed by atoms with Crippen LogP contribution in [-0.4, -0.2) is 14.7 Å². The van der Waals surface area contributed by atoms with E-state index in [0.717, 1.165) is 10.7 Å². The molecule has 0 aromatic carbocycles. The van der Waals surface area contributed by atoms with E-state index < -0.39 is 10.8 Å². The standard InChI is InChI=1S/C7H12OS2/c1-5-4-6(2)10(8)7(3)9-5/h5-6H,3-4H2,1-2H3/t5-,6+,10?/m0/s1. The number of hydrogen-bond donors (Lipinski definition) is 0. The van der Waals surface area contributed by atoms with Crippen LogP contribution < -0.4 is 0 Å². The predicted molar refractivity (Wildman–Crippen MR) is 48.4 cm³/mol. The lowest BCUT2D eigenvalue weighted by Gasteiger charge is -2.23. The van der Waals surface area contributed by atoms with E-state index in [1.165, 1.54) is 0 Å². The molecule has 0 spiro atoms. The van der Waals surface area contributed by atoms with E-state index in [0.29, 0.717) is 10.5 Å². The van der Waals surface area contributed by atoms with Gasteiger partial charge in [-0.05, 0) is 6.42 Å². The van der Waals surface area contributed by atoms with Crippen molar-refractivity contribution in [1.82, 2.24) is 0 Å². The molecule has 0 N–H and O–H groups in total. The first-order chi connectivity index (χ1) is 4.61. The van der Waals surface area contributed by atoms with Gasteiger partial charge in [0.15, 0.2) is 0 Å². The molecule has 0 amide bonds. The number of thioether (sulfide) groups is 1. The Morgan fingerprint density at radius 1 is 1.70 bits per heavy atom. The van der Waals surface area contributed by atoms with Gasteiger partial charge < -0.3 is 0 Å². The van der Waals surface area contributed by atoms with Gasteiger partial charge in [0.1, 0.15) is 0 Å². The van der Waals surface area contributed by atoms with E-state index in [9.17, 15) is 4.21 Å². The third kappa shape index (κ3) is 1.64. The minimum Gasteiger partial charge on any atom is -0.254 e. The molecule has 1 heterocycles. The minimum atomic E-state index is -0.782. The maximum absolute atomic E-state index is 11.3. The van der Waals surface area contributed by atoms with Gasteiger partial charge in [-0.2, -0.15) is 0 Å². The monoisotopic (exact) mass is 176 g/mol. The summed E-state index contributed by atoms with van der Waals surface area (Å²) in [7, 11) is -0.782. The first-order valence-electron chi connectivity index (χ1n) is 3.37. The van der Waals surface area contributed by atoms with Crippen molar-refractivity contribution >= 4 is 22.6 Å². The molecule has 3 atom stereocenters. The maximum Gasteiger partial charge on any atom is 0.0649 e. The van der Waals surface area contributed by atoms with Crippen LogP contribution in [0.3, 0.4) is 0 Å². The molecule has 1 aliphatic heterocycles. The van der Waals surface area contributed by atoms with Gasteiger partial charge in [-0.1, -0.05) is 20.4 Å². The Bertz CT molecular complexity index is 176. The second-order valence-electron chi connectivity index (χ2n) is 2.64. The molecule has 1 saturated heterocycles. The molecule has 0 radical (unpaired) electrons. The molecule has 1 nitrogen and oxygen atoms in total. The van der Waals surface area contributed by atoms with Gasteiger partial charge >= 0.3 is 0 Å². The molecule has 1 aliphatic rings. The summed E-state index contributed by atoms with van der Waals surface area (Å²) in [6.07, 6.45) is 1.05. The van der Waals surface area contributed by atoms with E-state index in [1.807, 2.05) is 6.92 Å². The highest BCUT2D eigenvalue weighted by Crippen LogP contribution is 2.34. The Labute approximate surface area is 68.7 Å². The fourth-order valence-corrected chi connectivity index (χ4v) is 4.33. The van der Waals surface area contributed by atoms with Crippen molar-refractivity contribution in [3.05, 3.63) is 10.8 Å². The van der Waals surface area contributed by atoms with Crippen molar-refractivity contribution in [2.75, 3.05) is 0 Å². The Hall–Kier alpha value is 0.240. The van der Waals surface area contributed by atoms with Crippen LogP contribution in [0.15, 0.2) is 10.8 Å². The third-order valence-corrected chi connectivity index (χ3v) is 4.60. The topological polar surface area (TPSA) is 17.1 Å². The van der Waals surface area contributed by atoms with Crippen LogP contribution in [0.2, 0.25) is 0 Å². The molecule has 1 fully saturated rings. The quantitative estimate of drug-likeness (QED) is 0.562. The van der Waals surface area contributed by atoms with Gasteiger partial charge in [0.25, 0.3) is 0 Å². The fourth-order valence-electron chi connectivity index (χ4n) is 1.10. The second kappa shape index (κ2) is 3.09. The van der Waals surface area contributed by atoms with Gasteiger partial charge in [-0.3, -0.25) is 4.21 Å². The summed E-state index contributed by atoms with van der Waals surface area (Å²) in [4.78, 5) is 0. The Kier molecular flexibility index (Phi) is 2.58. The molecule has 58 valence electrons. The summed E-state index contributed by atoms with van der Waals surface area (Å²) in [5, 5.41) is 0.906. The van der Waals surface area contributed by atoms with E-state index in [4.69, 9.17) is 0 Å². The first kappa shape index (κ1) is 8.34. The Balaban J connectivity index is 2.66. The van der Waals surface area contributed by atoms with Crippen molar-refractivity contribution in [2.45, 2.75) is 30.8 Å². The normalized spacial score (nSPS) is 41.8. The number of hydrogen-bond acceptors (Lipinski definition) is 2. The fraction of sp³-hybridized carbons (Fsp3) is 0.714. The lowest BCUT2D eigenvalue weighted by atomic mass is 10.3. The van der Waals surface area contributed by atoms with E-state index >= 15 is 0 Å². The van der Waals surface area contributed by atoms with Gasteiger partial charge in [-0.15, -0.1) is 11.8 Å². The summed E-state index contributed by atoms with van der Waals surface area (Å²) < 4.78 is 12.1. The Morgan fingerprint density at radius 2 is 2.30 bits per heavy atom. The second-order valence-corrected chi connectivity index (χ2v) is 6.33. The summed E-state index contributed by atoms with van der Waals surface area (Å²) in [5.74, 6) is 0. The lowest BCUT2D eigenvalue weighted by molar-refractivity contribution is 0.667. The van der Waals surface area contributed by atoms with Crippen LogP contribution in [0, 0.1) is 0 Å². The molecular formula is C7H12OS2. The highest BCUT2D eigenvalue weighted by molar-refractivity contribution is 8.17. The zero-order valence-corrected chi connectivity index (χ0v) is 7.93. The van der Waals surface area contributed by atoms with Crippen molar-refractivity contribution in [2.24, 2.45) is 0 Å². The molecule has 0 aromatic heterocycles. The molecule has 1 unspecified atom stereocenters. The van der Waals surface area contributed by atoms with E-state index in [2.05, 4.69) is 13.5 Å². The first-order valence-corrected chi connectivity index (χ1v) is 5.46. The predicted octanol–water partition coefficient (Wildman–Crippen LogP) is 2.12. The van der Waals surface area contributed by atoms with Crippen molar-refractivity contribution in [3.63, 3.8) is 0 Å². The summed E-state index contributed by atoms with van der Waals surface area (Å²) >= 11 is 1.66. The van der Waals surface area contributed by atoms with Crippen LogP contribution >= 0.6 is 11.8 Å². The molecule has 0 aromatic rings. The van der Waals surface area contributed by atoms with Crippen LogP contribution in [-0.2, 0) is 10.8 Å². The molecule has 0 saturated carbocycles. The average molecular weight is 176 g/mol. The SMILES string of the molecule is C=C1S[C@@H](C)C[C@@H](C)S1=O. The molecular weight excluding hydrogens is 164 g/mol. The largest absolute Gasteiger partial charge is 0.254 e.